The molecule has 0 saturated heterocycles. The van der Waals surface area contributed by atoms with E-state index in [2.05, 4.69) is 34.2 Å². The highest BCUT2D eigenvalue weighted by molar-refractivity contribution is 14.0. The van der Waals surface area contributed by atoms with Gasteiger partial charge in [0.2, 0.25) is 0 Å². The second kappa shape index (κ2) is 18.1. The molecule has 0 aromatic rings. The van der Waals surface area contributed by atoms with Crippen LogP contribution in [0.1, 0.15) is 6.42 Å². The molecule has 0 aromatic heterocycles. The number of hydrogen-bond donors (Lipinski definition) is 2. The van der Waals surface area contributed by atoms with Crippen molar-refractivity contribution in [3.63, 3.8) is 0 Å². The zero-order chi connectivity index (χ0) is 15.1. The number of thioether (sulfide) groups is 1. The molecule has 0 spiro atoms. The quantitative estimate of drug-likeness (QED) is 0.162. The van der Waals surface area contributed by atoms with Gasteiger partial charge in [-0.3, -0.25) is 4.99 Å². The minimum atomic E-state index is 0. The molecule has 0 atom stereocenters. The molecule has 5 nitrogen and oxygen atoms in total. The van der Waals surface area contributed by atoms with E-state index in [9.17, 15) is 0 Å². The number of rotatable bonds is 12. The van der Waals surface area contributed by atoms with Crippen LogP contribution in [0, 0.1) is 0 Å². The molecule has 0 saturated carbocycles. The Morgan fingerprint density at radius 1 is 1.33 bits per heavy atom. The molecule has 0 aliphatic heterocycles. The molecule has 2 N–H and O–H groups in total. The summed E-state index contributed by atoms with van der Waals surface area (Å²) < 4.78 is 5.05. The Balaban J connectivity index is 0. The van der Waals surface area contributed by atoms with E-state index >= 15 is 0 Å². The van der Waals surface area contributed by atoms with Gasteiger partial charge in [-0.05, 0) is 13.5 Å². The summed E-state index contributed by atoms with van der Waals surface area (Å²) in [6.07, 6.45) is 3.00. The van der Waals surface area contributed by atoms with Gasteiger partial charge in [-0.15, -0.1) is 30.6 Å². The van der Waals surface area contributed by atoms with Crippen molar-refractivity contribution >= 4 is 41.7 Å². The molecule has 0 aliphatic rings. The highest BCUT2D eigenvalue weighted by atomic mass is 127. The molecule has 0 fully saturated rings. The lowest BCUT2D eigenvalue weighted by Gasteiger charge is -2.18. The van der Waals surface area contributed by atoms with E-state index < -0.39 is 0 Å². The third-order valence-electron chi connectivity index (χ3n) is 2.67. The summed E-state index contributed by atoms with van der Waals surface area (Å²) in [4.78, 5) is 6.50. The van der Waals surface area contributed by atoms with Crippen molar-refractivity contribution in [1.82, 2.24) is 15.5 Å². The van der Waals surface area contributed by atoms with E-state index in [1.165, 1.54) is 0 Å². The van der Waals surface area contributed by atoms with Gasteiger partial charge < -0.3 is 20.3 Å². The van der Waals surface area contributed by atoms with Crippen LogP contribution in [0.15, 0.2) is 17.6 Å². The Kier molecular flexibility index (Phi) is 20.0. The van der Waals surface area contributed by atoms with Crippen LogP contribution in [0.25, 0.3) is 0 Å². The Labute approximate surface area is 151 Å². The van der Waals surface area contributed by atoms with Crippen molar-refractivity contribution in [2.75, 3.05) is 65.5 Å². The first-order chi connectivity index (χ1) is 9.74. The van der Waals surface area contributed by atoms with Crippen molar-refractivity contribution in [2.45, 2.75) is 6.42 Å². The molecule has 0 aliphatic carbocycles. The molecular formula is C14H31IN4OS. The third kappa shape index (κ3) is 16.2. The minimum absolute atomic E-state index is 0. The lowest BCUT2D eigenvalue weighted by atomic mass is 10.4. The summed E-state index contributed by atoms with van der Waals surface area (Å²) in [7, 11) is 5.67. The number of halogens is 1. The monoisotopic (exact) mass is 430 g/mol. The van der Waals surface area contributed by atoms with Gasteiger partial charge in [-0.1, -0.05) is 6.08 Å². The summed E-state index contributed by atoms with van der Waals surface area (Å²) in [6.45, 7) is 8.39. The van der Waals surface area contributed by atoms with Crippen LogP contribution in [-0.2, 0) is 4.74 Å². The van der Waals surface area contributed by atoms with Crippen molar-refractivity contribution in [2.24, 2.45) is 4.99 Å². The molecule has 0 heterocycles. The molecule has 0 unspecified atom stereocenters. The van der Waals surface area contributed by atoms with Crippen LogP contribution in [0.2, 0.25) is 0 Å². The standard InChI is InChI=1S/C14H30N4OS.HI/c1-5-12-20-13-8-17-14(15-2)16-7-10-18(3)9-6-11-19-4;/h5H,1,6-13H2,2-4H3,(H2,15,16,17);1H. The van der Waals surface area contributed by atoms with Crippen molar-refractivity contribution in [1.29, 1.82) is 0 Å². The first-order valence-electron chi connectivity index (χ1n) is 7.05. The van der Waals surface area contributed by atoms with Crippen molar-refractivity contribution in [3.8, 4) is 0 Å². The number of nitrogens with one attached hydrogen (secondary N) is 2. The molecule has 7 heteroatoms. The van der Waals surface area contributed by atoms with E-state index in [0.29, 0.717) is 0 Å². The zero-order valence-corrected chi connectivity index (χ0v) is 16.7. The van der Waals surface area contributed by atoms with Gasteiger partial charge in [0.25, 0.3) is 0 Å². The van der Waals surface area contributed by atoms with Crippen molar-refractivity contribution < 1.29 is 4.74 Å². The number of methoxy groups -OCH3 is 1. The maximum atomic E-state index is 5.05. The largest absolute Gasteiger partial charge is 0.385 e. The molecule has 21 heavy (non-hydrogen) atoms. The van der Waals surface area contributed by atoms with Gasteiger partial charge >= 0.3 is 0 Å². The summed E-state index contributed by atoms with van der Waals surface area (Å²) in [5.41, 5.74) is 0. The number of hydrogen-bond acceptors (Lipinski definition) is 4. The highest BCUT2D eigenvalue weighted by Crippen LogP contribution is 1.96. The van der Waals surface area contributed by atoms with E-state index in [-0.39, 0.29) is 24.0 Å². The van der Waals surface area contributed by atoms with Crippen LogP contribution in [-0.4, -0.2) is 76.4 Å². The normalized spacial score (nSPS) is 11.1. The highest BCUT2D eigenvalue weighted by Gasteiger charge is 2.00. The number of nitrogens with zero attached hydrogens (tertiary/aromatic N) is 2. The second-order valence-corrected chi connectivity index (χ2v) is 5.59. The Hall–Kier alpha value is 0.01000. The van der Waals surface area contributed by atoms with E-state index in [1.807, 2.05) is 17.8 Å². The van der Waals surface area contributed by atoms with Crippen LogP contribution in [0.3, 0.4) is 0 Å². The van der Waals surface area contributed by atoms with E-state index in [1.54, 1.807) is 14.2 Å². The number of aliphatic imine (C=N–C) groups is 1. The van der Waals surface area contributed by atoms with Gasteiger partial charge in [-0.2, -0.15) is 11.8 Å². The lowest BCUT2D eigenvalue weighted by Crippen LogP contribution is -2.41. The lowest BCUT2D eigenvalue weighted by molar-refractivity contribution is 0.180. The third-order valence-corrected chi connectivity index (χ3v) is 3.64. The van der Waals surface area contributed by atoms with Crippen molar-refractivity contribution in [3.05, 3.63) is 12.7 Å². The number of ether oxygens (including phenoxy) is 1. The van der Waals surface area contributed by atoms with E-state index in [4.69, 9.17) is 4.74 Å². The average molecular weight is 430 g/mol. The van der Waals surface area contributed by atoms with Crippen LogP contribution < -0.4 is 10.6 Å². The minimum Gasteiger partial charge on any atom is -0.385 e. The van der Waals surface area contributed by atoms with E-state index in [0.717, 1.165) is 56.7 Å². The maximum Gasteiger partial charge on any atom is 0.191 e. The summed E-state index contributed by atoms with van der Waals surface area (Å²) in [5.74, 6) is 2.93. The number of likely N-dealkylation sites (N-methyl/N-ethyl adjacent to an activating group) is 1. The first-order valence-corrected chi connectivity index (χ1v) is 8.20. The smallest absolute Gasteiger partial charge is 0.191 e. The first kappa shape index (κ1) is 23.3. The molecule has 0 aromatic carbocycles. The fraction of sp³-hybridized carbons (Fsp3) is 0.786. The van der Waals surface area contributed by atoms with Crippen LogP contribution in [0.5, 0.6) is 0 Å². The van der Waals surface area contributed by atoms with Gasteiger partial charge in [0.1, 0.15) is 0 Å². The molecule has 0 rings (SSSR count). The topological polar surface area (TPSA) is 48.9 Å². The van der Waals surface area contributed by atoms with Gasteiger partial charge in [0, 0.05) is 58.4 Å². The second-order valence-electron chi connectivity index (χ2n) is 4.44. The predicted octanol–water partition coefficient (Wildman–Crippen LogP) is 1.66. The molecule has 0 bridgehead atoms. The SMILES string of the molecule is C=CCSCCNC(=NC)NCCN(C)CCCOC.I. The molecule has 126 valence electrons. The number of guanidine groups is 1. The van der Waals surface area contributed by atoms with Crippen LogP contribution >= 0.6 is 35.7 Å². The molecular weight excluding hydrogens is 399 g/mol. The Morgan fingerprint density at radius 3 is 2.67 bits per heavy atom. The predicted molar refractivity (Wildman–Crippen MR) is 106 cm³/mol. The zero-order valence-electron chi connectivity index (χ0n) is 13.6. The molecule has 0 radical (unpaired) electrons. The summed E-state index contributed by atoms with van der Waals surface area (Å²) >= 11 is 1.86. The average Bonchev–Trinajstić information content (AvgIpc) is 2.45. The van der Waals surface area contributed by atoms with Gasteiger partial charge in [-0.25, -0.2) is 0 Å². The van der Waals surface area contributed by atoms with Gasteiger partial charge in [0.15, 0.2) is 5.96 Å². The van der Waals surface area contributed by atoms with Gasteiger partial charge in [0.05, 0.1) is 0 Å². The fourth-order valence-electron chi connectivity index (χ4n) is 1.58. The van der Waals surface area contributed by atoms with Crippen LogP contribution in [0.4, 0.5) is 0 Å². The maximum absolute atomic E-state index is 5.05. The Morgan fingerprint density at radius 2 is 2.05 bits per heavy atom. The summed E-state index contributed by atoms with van der Waals surface area (Å²) in [6, 6.07) is 0. The Bertz CT molecular complexity index is 267. The fourth-order valence-corrected chi connectivity index (χ4v) is 2.16. The molecule has 0 amide bonds. The summed E-state index contributed by atoms with van der Waals surface area (Å²) in [5, 5.41) is 6.62.